The predicted octanol–water partition coefficient (Wildman–Crippen LogP) is 1.22. The maximum absolute atomic E-state index is 5.95. The van der Waals surface area contributed by atoms with Crippen LogP contribution in [0.25, 0.3) is 11.9 Å². The third kappa shape index (κ3) is 2.03. The van der Waals surface area contributed by atoms with Crippen molar-refractivity contribution in [3.63, 3.8) is 0 Å². The zero-order chi connectivity index (χ0) is 14.3. The van der Waals surface area contributed by atoms with Gasteiger partial charge in [-0.3, -0.25) is 0 Å². The van der Waals surface area contributed by atoms with Crippen LogP contribution in [0.3, 0.4) is 0 Å². The first-order chi connectivity index (χ1) is 9.56. The molecule has 9 heteroatoms. The molecule has 0 saturated carbocycles. The summed E-state index contributed by atoms with van der Waals surface area (Å²) in [6.45, 7) is 5.87. The first-order valence-electron chi connectivity index (χ1n) is 5.86. The van der Waals surface area contributed by atoms with Gasteiger partial charge in [-0.2, -0.15) is 29.8 Å². The highest BCUT2D eigenvalue weighted by Crippen LogP contribution is 2.15. The molecule has 0 aliphatic heterocycles. The zero-order valence-electron chi connectivity index (χ0n) is 11.1. The summed E-state index contributed by atoms with van der Waals surface area (Å²) < 4.78 is 3.05. The fourth-order valence-corrected chi connectivity index (χ4v) is 1.90. The standard InChI is InChI=1S/C11H11ClN8/c1-6-7(2)18-20(8(6)3)11-16-9(12)15-10(17-11)19-5-13-4-14-19/h4-5H,1-3H3. The molecule has 0 spiro atoms. The molecule has 20 heavy (non-hydrogen) atoms. The molecule has 0 fully saturated rings. The summed E-state index contributed by atoms with van der Waals surface area (Å²) in [5, 5.41) is 8.45. The van der Waals surface area contributed by atoms with Gasteiger partial charge in [0.15, 0.2) is 0 Å². The molecule has 102 valence electrons. The van der Waals surface area contributed by atoms with Crippen LogP contribution in [0, 0.1) is 20.8 Å². The van der Waals surface area contributed by atoms with E-state index in [0.717, 1.165) is 17.0 Å². The molecule has 3 aromatic rings. The Bertz CT molecular complexity index is 761. The third-order valence-corrected chi connectivity index (χ3v) is 3.22. The molecule has 3 rings (SSSR count). The molecule has 0 atom stereocenters. The van der Waals surface area contributed by atoms with Crippen molar-refractivity contribution < 1.29 is 0 Å². The summed E-state index contributed by atoms with van der Waals surface area (Å²) in [6, 6.07) is 0. The minimum atomic E-state index is 0.0747. The van der Waals surface area contributed by atoms with Gasteiger partial charge in [0.25, 0.3) is 11.9 Å². The molecule has 0 unspecified atom stereocenters. The number of rotatable bonds is 2. The zero-order valence-corrected chi connectivity index (χ0v) is 11.9. The number of aromatic nitrogens is 8. The smallest absolute Gasteiger partial charge is 0.223 e. The highest BCUT2D eigenvalue weighted by atomic mass is 35.5. The van der Waals surface area contributed by atoms with E-state index in [-0.39, 0.29) is 5.28 Å². The molecule has 0 aromatic carbocycles. The lowest BCUT2D eigenvalue weighted by atomic mass is 10.2. The van der Waals surface area contributed by atoms with Gasteiger partial charge in [-0.15, -0.1) is 0 Å². The van der Waals surface area contributed by atoms with Gasteiger partial charge in [-0.05, 0) is 37.9 Å². The van der Waals surface area contributed by atoms with E-state index in [1.807, 2.05) is 20.8 Å². The lowest BCUT2D eigenvalue weighted by Gasteiger charge is -2.05. The average molecular weight is 291 g/mol. The quantitative estimate of drug-likeness (QED) is 0.705. The van der Waals surface area contributed by atoms with Gasteiger partial charge >= 0.3 is 0 Å². The monoisotopic (exact) mass is 290 g/mol. The van der Waals surface area contributed by atoms with Crippen LogP contribution < -0.4 is 0 Å². The molecule has 3 aromatic heterocycles. The van der Waals surface area contributed by atoms with Gasteiger partial charge in [0.05, 0.1) is 5.69 Å². The summed E-state index contributed by atoms with van der Waals surface area (Å²) in [6.07, 6.45) is 2.88. The fourth-order valence-electron chi connectivity index (χ4n) is 1.75. The van der Waals surface area contributed by atoms with E-state index in [0.29, 0.717) is 11.9 Å². The molecule has 0 N–H and O–H groups in total. The van der Waals surface area contributed by atoms with Gasteiger partial charge in [0.2, 0.25) is 5.28 Å². The maximum atomic E-state index is 5.95. The lowest BCUT2D eigenvalue weighted by molar-refractivity contribution is 0.728. The second kappa shape index (κ2) is 4.64. The number of aryl methyl sites for hydroxylation is 1. The van der Waals surface area contributed by atoms with E-state index in [2.05, 4.69) is 30.1 Å². The van der Waals surface area contributed by atoms with Crippen molar-refractivity contribution in [3.8, 4) is 11.9 Å². The molecule has 3 heterocycles. The Kier molecular flexibility index (Phi) is 2.94. The molecule has 0 bridgehead atoms. The SMILES string of the molecule is Cc1nn(-c2nc(Cl)nc(-n3cncn3)n2)c(C)c1C. The van der Waals surface area contributed by atoms with E-state index in [1.54, 1.807) is 4.68 Å². The highest BCUT2D eigenvalue weighted by molar-refractivity contribution is 6.28. The Morgan fingerprint density at radius 2 is 1.80 bits per heavy atom. The fraction of sp³-hybridized carbons (Fsp3) is 0.273. The highest BCUT2D eigenvalue weighted by Gasteiger charge is 2.14. The number of halogens is 1. The van der Waals surface area contributed by atoms with Gasteiger partial charge in [-0.25, -0.2) is 9.67 Å². The molecule has 0 amide bonds. The van der Waals surface area contributed by atoms with E-state index in [1.165, 1.54) is 17.3 Å². The van der Waals surface area contributed by atoms with Crippen molar-refractivity contribution in [1.29, 1.82) is 0 Å². The van der Waals surface area contributed by atoms with Crippen molar-refractivity contribution >= 4 is 11.6 Å². The van der Waals surface area contributed by atoms with Crippen molar-refractivity contribution in [3.05, 3.63) is 34.9 Å². The van der Waals surface area contributed by atoms with Gasteiger partial charge in [-0.1, -0.05) is 0 Å². The Hall–Kier alpha value is -2.35. The molecule has 0 aliphatic carbocycles. The summed E-state index contributed by atoms with van der Waals surface area (Å²) in [5.41, 5.74) is 2.96. The van der Waals surface area contributed by atoms with Crippen LogP contribution >= 0.6 is 11.6 Å². The summed E-state index contributed by atoms with van der Waals surface area (Å²) in [5.74, 6) is 0.645. The van der Waals surface area contributed by atoms with Crippen molar-refractivity contribution in [1.82, 2.24) is 39.5 Å². The number of hydrogen-bond acceptors (Lipinski definition) is 6. The Labute approximate surface area is 119 Å². The van der Waals surface area contributed by atoms with Crippen LogP contribution in [0.4, 0.5) is 0 Å². The lowest BCUT2D eigenvalue weighted by Crippen LogP contribution is -2.11. The minimum Gasteiger partial charge on any atom is -0.223 e. The first kappa shape index (κ1) is 12.7. The van der Waals surface area contributed by atoms with E-state index in [4.69, 9.17) is 11.6 Å². The second-order valence-electron chi connectivity index (χ2n) is 4.25. The normalized spacial score (nSPS) is 11.0. The Morgan fingerprint density at radius 3 is 2.40 bits per heavy atom. The molecule has 0 aliphatic rings. The third-order valence-electron chi connectivity index (χ3n) is 3.05. The van der Waals surface area contributed by atoms with Crippen LogP contribution in [-0.4, -0.2) is 39.5 Å². The molecular weight excluding hydrogens is 280 g/mol. The number of nitrogens with zero attached hydrogens (tertiary/aromatic N) is 8. The van der Waals surface area contributed by atoms with Crippen LogP contribution in [-0.2, 0) is 0 Å². The van der Waals surface area contributed by atoms with Crippen molar-refractivity contribution in [2.75, 3.05) is 0 Å². The van der Waals surface area contributed by atoms with Crippen LogP contribution in [0.15, 0.2) is 12.7 Å². The largest absolute Gasteiger partial charge is 0.258 e. The van der Waals surface area contributed by atoms with Gasteiger partial charge in [0.1, 0.15) is 12.7 Å². The number of hydrogen-bond donors (Lipinski definition) is 0. The first-order valence-corrected chi connectivity index (χ1v) is 6.24. The van der Waals surface area contributed by atoms with Gasteiger partial charge < -0.3 is 0 Å². The predicted molar refractivity (Wildman–Crippen MR) is 71.1 cm³/mol. The van der Waals surface area contributed by atoms with Crippen molar-refractivity contribution in [2.45, 2.75) is 20.8 Å². The summed E-state index contributed by atoms with van der Waals surface area (Å²) >= 11 is 5.95. The molecule has 8 nitrogen and oxygen atoms in total. The van der Waals surface area contributed by atoms with Crippen LogP contribution in [0.1, 0.15) is 17.0 Å². The maximum Gasteiger partial charge on any atom is 0.258 e. The van der Waals surface area contributed by atoms with E-state index >= 15 is 0 Å². The minimum absolute atomic E-state index is 0.0747. The summed E-state index contributed by atoms with van der Waals surface area (Å²) in [7, 11) is 0. The van der Waals surface area contributed by atoms with E-state index in [9.17, 15) is 0 Å². The Balaban J connectivity index is 2.17. The van der Waals surface area contributed by atoms with Crippen LogP contribution in [0.5, 0.6) is 0 Å². The molecule has 0 saturated heterocycles. The second-order valence-corrected chi connectivity index (χ2v) is 4.59. The van der Waals surface area contributed by atoms with Crippen LogP contribution in [0.2, 0.25) is 5.28 Å². The van der Waals surface area contributed by atoms with Crippen molar-refractivity contribution in [2.24, 2.45) is 0 Å². The summed E-state index contributed by atoms with van der Waals surface area (Å²) in [4.78, 5) is 16.3. The average Bonchev–Trinajstić information content (AvgIpc) is 3.03. The van der Waals surface area contributed by atoms with Gasteiger partial charge in [0, 0.05) is 5.69 Å². The van der Waals surface area contributed by atoms with E-state index < -0.39 is 0 Å². The molecular formula is C11H11ClN8. The topological polar surface area (TPSA) is 87.2 Å². The Morgan fingerprint density at radius 1 is 1.05 bits per heavy atom. The molecule has 0 radical (unpaired) electrons.